The molecule has 3 nitrogen and oxygen atoms in total. The summed E-state index contributed by atoms with van der Waals surface area (Å²) in [5.74, 6) is 1.54. The third-order valence-corrected chi connectivity index (χ3v) is 5.85. The van der Waals surface area contributed by atoms with Crippen LogP contribution in [-0.4, -0.2) is 13.2 Å². The molecule has 1 saturated carbocycles. The van der Waals surface area contributed by atoms with E-state index in [4.69, 9.17) is 21.1 Å². The number of hydrogen-bond donors (Lipinski definition) is 1. The fourth-order valence-electron chi connectivity index (χ4n) is 3.36. The first kappa shape index (κ1) is 19.5. The number of ether oxygens (including phenoxy) is 2. The van der Waals surface area contributed by atoms with Crippen LogP contribution in [0.3, 0.4) is 0 Å². The van der Waals surface area contributed by atoms with Crippen LogP contribution in [0.5, 0.6) is 11.5 Å². The number of methoxy groups -OCH3 is 1. The Bertz CT molecular complexity index is 715. The van der Waals surface area contributed by atoms with Gasteiger partial charge in [0, 0.05) is 27.6 Å². The minimum atomic E-state index is 0.473. The van der Waals surface area contributed by atoms with Crippen molar-refractivity contribution in [1.29, 1.82) is 0 Å². The van der Waals surface area contributed by atoms with Gasteiger partial charge in [-0.15, -0.1) is 0 Å². The molecule has 1 aliphatic rings. The van der Waals surface area contributed by atoms with E-state index in [1.54, 1.807) is 7.11 Å². The van der Waals surface area contributed by atoms with Gasteiger partial charge in [-0.05, 0) is 42.7 Å². The first-order chi connectivity index (χ1) is 12.7. The van der Waals surface area contributed by atoms with Crippen molar-refractivity contribution in [2.75, 3.05) is 7.11 Å². The third-order valence-electron chi connectivity index (χ3n) is 4.86. The molecule has 0 spiro atoms. The van der Waals surface area contributed by atoms with Gasteiger partial charge >= 0.3 is 0 Å². The molecule has 0 bridgehead atoms. The molecular weight excluding hydrogens is 414 g/mol. The number of rotatable bonds is 7. The van der Waals surface area contributed by atoms with Crippen LogP contribution in [0.2, 0.25) is 5.02 Å². The SMILES string of the molecule is COc1ccc(Br)c(CNC2CCCCC2)c1OCc1ccc(Cl)cc1. The minimum absolute atomic E-state index is 0.473. The average molecular weight is 439 g/mol. The first-order valence-corrected chi connectivity index (χ1v) is 10.3. The van der Waals surface area contributed by atoms with E-state index in [2.05, 4.69) is 21.2 Å². The van der Waals surface area contributed by atoms with E-state index in [1.165, 1.54) is 32.1 Å². The second-order valence-corrected chi connectivity index (χ2v) is 7.98. The van der Waals surface area contributed by atoms with Crippen LogP contribution in [0.1, 0.15) is 43.2 Å². The van der Waals surface area contributed by atoms with E-state index in [1.807, 2.05) is 36.4 Å². The van der Waals surface area contributed by atoms with Gasteiger partial charge in [0.2, 0.25) is 0 Å². The first-order valence-electron chi connectivity index (χ1n) is 9.13. The molecule has 0 radical (unpaired) electrons. The summed E-state index contributed by atoms with van der Waals surface area (Å²) >= 11 is 9.64. The van der Waals surface area contributed by atoms with Crippen molar-refractivity contribution in [3.63, 3.8) is 0 Å². The smallest absolute Gasteiger partial charge is 0.167 e. The zero-order valence-electron chi connectivity index (χ0n) is 15.1. The molecule has 1 N–H and O–H groups in total. The van der Waals surface area contributed by atoms with Crippen LogP contribution in [0.4, 0.5) is 0 Å². The molecule has 0 unspecified atom stereocenters. The fraction of sp³-hybridized carbons (Fsp3) is 0.429. The minimum Gasteiger partial charge on any atom is -0.493 e. The van der Waals surface area contributed by atoms with Crippen LogP contribution in [0.25, 0.3) is 0 Å². The molecule has 2 aromatic rings. The van der Waals surface area contributed by atoms with Gasteiger partial charge in [-0.2, -0.15) is 0 Å². The van der Waals surface area contributed by atoms with Crippen LogP contribution < -0.4 is 14.8 Å². The molecular formula is C21H25BrClNO2. The summed E-state index contributed by atoms with van der Waals surface area (Å²) < 4.78 is 12.7. The standard InChI is InChI=1S/C21H25BrClNO2/c1-25-20-12-11-19(22)18(13-24-17-5-3-2-4-6-17)21(20)26-14-15-7-9-16(23)10-8-15/h7-12,17,24H,2-6,13-14H2,1H3. The van der Waals surface area contributed by atoms with E-state index < -0.39 is 0 Å². The van der Waals surface area contributed by atoms with Crippen molar-refractivity contribution < 1.29 is 9.47 Å². The Kier molecular flexibility index (Phi) is 7.23. The van der Waals surface area contributed by atoms with Crippen LogP contribution in [0.15, 0.2) is 40.9 Å². The summed E-state index contributed by atoms with van der Waals surface area (Å²) in [6, 6.07) is 12.3. The molecule has 2 aromatic carbocycles. The largest absolute Gasteiger partial charge is 0.493 e. The van der Waals surface area contributed by atoms with Crippen LogP contribution in [-0.2, 0) is 13.2 Å². The molecule has 26 heavy (non-hydrogen) atoms. The van der Waals surface area contributed by atoms with Gasteiger partial charge in [0.15, 0.2) is 11.5 Å². The van der Waals surface area contributed by atoms with Crippen molar-refractivity contribution in [2.45, 2.75) is 51.3 Å². The molecule has 140 valence electrons. The van der Waals surface area contributed by atoms with Crippen LogP contribution >= 0.6 is 27.5 Å². The second-order valence-electron chi connectivity index (χ2n) is 6.69. The molecule has 0 saturated heterocycles. The highest BCUT2D eigenvalue weighted by Crippen LogP contribution is 2.37. The molecule has 0 amide bonds. The lowest BCUT2D eigenvalue weighted by molar-refractivity contribution is 0.278. The third kappa shape index (κ3) is 5.15. The number of hydrogen-bond acceptors (Lipinski definition) is 3. The van der Waals surface area contributed by atoms with Gasteiger partial charge in [0.05, 0.1) is 7.11 Å². The summed E-state index contributed by atoms with van der Waals surface area (Å²) in [5, 5.41) is 4.42. The molecule has 0 aromatic heterocycles. The summed E-state index contributed by atoms with van der Waals surface area (Å²) in [6.07, 6.45) is 6.50. The topological polar surface area (TPSA) is 30.5 Å². The van der Waals surface area contributed by atoms with E-state index in [0.717, 1.165) is 38.7 Å². The maximum Gasteiger partial charge on any atom is 0.167 e. The maximum atomic E-state index is 6.17. The van der Waals surface area contributed by atoms with Crippen molar-refractivity contribution in [3.05, 3.63) is 57.0 Å². The lowest BCUT2D eigenvalue weighted by atomic mass is 9.95. The highest BCUT2D eigenvalue weighted by molar-refractivity contribution is 9.10. The van der Waals surface area contributed by atoms with E-state index >= 15 is 0 Å². The maximum absolute atomic E-state index is 6.17. The van der Waals surface area contributed by atoms with E-state index in [-0.39, 0.29) is 0 Å². The monoisotopic (exact) mass is 437 g/mol. The number of halogens is 2. The normalized spacial score (nSPS) is 15.0. The second kappa shape index (κ2) is 9.63. The fourth-order valence-corrected chi connectivity index (χ4v) is 3.93. The summed E-state index contributed by atoms with van der Waals surface area (Å²) in [4.78, 5) is 0. The highest BCUT2D eigenvalue weighted by Gasteiger charge is 2.18. The van der Waals surface area contributed by atoms with Gasteiger partial charge in [-0.1, -0.05) is 58.9 Å². The molecule has 5 heteroatoms. The van der Waals surface area contributed by atoms with Crippen LogP contribution in [0, 0.1) is 0 Å². The number of nitrogens with one attached hydrogen (secondary N) is 1. The molecule has 0 heterocycles. The van der Waals surface area contributed by atoms with Crippen molar-refractivity contribution in [2.24, 2.45) is 0 Å². The van der Waals surface area contributed by atoms with Gasteiger partial charge in [-0.25, -0.2) is 0 Å². The highest BCUT2D eigenvalue weighted by atomic mass is 79.9. The van der Waals surface area contributed by atoms with E-state index in [9.17, 15) is 0 Å². The van der Waals surface area contributed by atoms with Gasteiger partial charge in [0.25, 0.3) is 0 Å². The Morgan fingerprint density at radius 1 is 1.08 bits per heavy atom. The average Bonchev–Trinajstić information content (AvgIpc) is 2.67. The lowest BCUT2D eigenvalue weighted by Crippen LogP contribution is -2.30. The lowest BCUT2D eigenvalue weighted by Gasteiger charge is -2.24. The predicted octanol–water partition coefficient (Wildman–Crippen LogP) is 6.11. The summed E-state index contributed by atoms with van der Waals surface area (Å²) in [5.41, 5.74) is 2.17. The van der Waals surface area contributed by atoms with E-state index in [0.29, 0.717) is 12.6 Å². The van der Waals surface area contributed by atoms with Crippen molar-refractivity contribution >= 4 is 27.5 Å². The number of benzene rings is 2. The molecule has 3 rings (SSSR count). The van der Waals surface area contributed by atoms with Crippen molar-refractivity contribution in [3.8, 4) is 11.5 Å². The van der Waals surface area contributed by atoms with Gasteiger partial charge in [0.1, 0.15) is 6.61 Å². The molecule has 0 atom stereocenters. The zero-order valence-corrected chi connectivity index (χ0v) is 17.4. The Morgan fingerprint density at radius 3 is 2.50 bits per heavy atom. The molecule has 0 aliphatic heterocycles. The summed E-state index contributed by atoms with van der Waals surface area (Å²) in [6.45, 7) is 1.23. The molecule has 1 aliphatic carbocycles. The Morgan fingerprint density at radius 2 is 1.81 bits per heavy atom. The van der Waals surface area contributed by atoms with Gasteiger partial charge < -0.3 is 14.8 Å². The Labute approximate surface area is 169 Å². The predicted molar refractivity (Wildman–Crippen MR) is 110 cm³/mol. The van der Waals surface area contributed by atoms with Gasteiger partial charge in [-0.3, -0.25) is 0 Å². The Hall–Kier alpha value is -1.23. The molecule has 1 fully saturated rings. The Balaban J connectivity index is 1.74. The summed E-state index contributed by atoms with van der Waals surface area (Å²) in [7, 11) is 1.68. The zero-order chi connectivity index (χ0) is 18.4. The van der Waals surface area contributed by atoms with Crippen molar-refractivity contribution in [1.82, 2.24) is 5.32 Å². The quantitative estimate of drug-likeness (QED) is 0.565.